The molecule has 0 spiro atoms. The predicted molar refractivity (Wildman–Crippen MR) is 117 cm³/mol. The summed E-state index contributed by atoms with van der Waals surface area (Å²) in [4.78, 5) is 28.1. The molecule has 2 bridgehead atoms. The maximum Gasteiger partial charge on any atom is 0.273 e. The number of imidazole rings is 1. The van der Waals surface area contributed by atoms with Gasteiger partial charge in [-0.2, -0.15) is 0 Å². The van der Waals surface area contributed by atoms with Crippen LogP contribution in [0.5, 0.6) is 0 Å². The van der Waals surface area contributed by atoms with Crippen molar-refractivity contribution in [3.05, 3.63) is 46.5 Å². The molecule has 8 nitrogen and oxygen atoms in total. The van der Waals surface area contributed by atoms with Crippen LogP contribution in [0.1, 0.15) is 66.0 Å². The Kier molecular flexibility index (Phi) is 4.88. The van der Waals surface area contributed by atoms with Crippen molar-refractivity contribution >= 4 is 17.9 Å². The van der Waals surface area contributed by atoms with E-state index in [0.717, 1.165) is 5.57 Å². The van der Waals surface area contributed by atoms with Crippen LogP contribution in [0, 0.1) is 17.7 Å². The summed E-state index contributed by atoms with van der Waals surface area (Å²) >= 11 is 0. The molecule has 1 aromatic carbocycles. The third-order valence-electron chi connectivity index (χ3n) is 6.06. The molecule has 1 saturated carbocycles. The Labute approximate surface area is 189 Å². The molecule has 9 heteroatoms. The molecule has 33 heavy (non-hydrogen) atoms. The largest absolute Gasteiger partial charge is 0.392 e. The van der Waals surface area contributed by atoms with Crippen molar-refractivity contribution in [3.8, 4) is 23.2 Å². The average molecular weight is 450 g/mol. The smallest absolute Gasteiger partial charge is 0.273 e. The standard InChI is InChI=1S/C24H23FN4O4/c1-24(2,33)4-3-12-7-16-15(8-18(12)25)13-5-14(6-13)29-21(17-9-19(17)31)20(28-22(16)29)23(32)27-10-26-11-30/h5,7-8,11,14,17,19,31,33H,6,9-10H2,1-2H3,(H,26,30)(H,27,32). The van der Waals surface area contributed by atoms with Crippen LogP contribution in [0.3, 0.4) is 0 Å². The number of carbonyl (C=O) groups excluding carboxylic acids is 2. The number of amides is 2. The number of aliphatic hydroxyl groups excluding tert-OH is 1. The van der Waals surface area contributed by atoms with Crippen LogP contribution in [0.2, 0.25) is 0 Å². The van der Waals surface area contributed by atoms with Crippen LogP contribution < -0.4 is 10.6 Å². The van der Waals surface area contributed by atoms with Gasteiger partial charge in [-0.3, -0.25) is 9.59 Å². The van der Waals surface area contributed by atoms with E-state index < -0.39 is 23.4 Å². The first-order chi connectivity index (χ1) is 15.7. The van der Waals surface area contributed by atoms with Crippen LogP contribution in [0.25, 0.3) is 17.0 Å². The first-order valence-corrected chi connectivity index (χ1v) is 10.7. The Morgan fingerprint density at radius 3 is 2.76 bits per heavy atom. The molecule has 2 amide bonds. The highest BCUT2D eigenvalue weighted by molar-refractivity contribution is 5.96. The SMILES string of the molecule is CC(C)(O)C#Cc1cc2c(cc1F)C1=CC(C1)n1c-2nc(C(=O)NCNC=O)c1C1CC1O. The van der Waals surface area contributed by atoms with Crippen LogP contribution in [-0.2, 0) is 4.79 Å². The second kappa shape index (κ2) is 7.54. The summed E-state index contributed by atoms with van der Waals surface area (Å²) in [5.41, 5.74) is 2.00. The van der Waals surface area contributed by atoms with Gasteiger partial charge < -0.3 is 25.4 Å². The van der Waals surface area contributed by atoms with Gasteiger partial charge in [-0.1, -0.05) is 17.9 Å². The fourth-order valence-corrected chi connectivity index (χ4v) is 4.35. The van der Waals surface area contributed by atoms with Gasteiger partial charge in [0.1, 0.15) is 17.2 Å². The molecule has 170 valence electrons. The molecule has 3 atom stereocenters. The lowest BCUT2D eigenvalue weighted by Gasteiger charge is -2.26. The quantitative estimate of drug-likeness (QED) is 0.238. The first-order valence-electron chi connectivity index (χ1n) is 10.7. The third kappa shape index (κ3) is 3.71. The van der Waals surface area contributed by atoms with Crippen LogP contribution in [0.15, 0.2) is 18.2 Å². The monoisotopic (exact) mass is 450 g/mol. The lowest BCUT2D eigenvalue weighted by Crippen LogP contribution is -2.34. The van der Waals surface area contributed by atoms with Crippen molar-refractivity contribution in [2.45, 2.75) is 50.4 Å². The number of carbonyl (C=O) groups is 2. The highest BCUT2D eigenvalue weighted by Crippen LogP contribution is 2.52. The Hall–Kier alpha value is -3.48. The lowest BCUT2D eigenvalue weighted by molar-refractivity contribution is -0.109. The van der Waals surface area contributed by atoms with Gasteiger partial charge in [0.2, 0.25) is 6.41 Å². The highest BCUT2D eigenvalue weighted by atomic mass is 19.1. The van der Waals surface area contributed by atoms with Gasteiger partial charge in [0.05, 0.1) is 30.1 Å². The zero-order valence-corrected chi connectivity index (χ0v) is 18.1. The number of benzene rings is 1. The maximum atomic E-state index is 14.9. The molecule has 1 aromatic heterocycles. The number of nitrogens with zero attached hydrogens (tertiary/aromatic N) is 2. The minimum atomic E-state index is -1.28. The normalized spacial score (nSPS) is 21.8. The zero-order chi connectivity index (χ0) is 23.5. The van der Waals surface area contributed by atoms with E-state index in [-0.39, 0.29) is 29.9 Å². The summed E-state index contributed by atoms with van der Waals surface area (Å²) in [5.74, 6) is 4.67. The Morgan fingerprint density at radius 2 is 2.12 bits per heavy atom. The molecule has 2 aliphatic carbocycles. The summed E-state index contributed by atoms with van der Waals surface area (Å²) in [7, 11) is 0. The molecule has 6 rings (SSSR count). The summed E-state index contributed by atoms with van der Waals surface area (Å²) < 4.78 is 16.8. The van der Waals surface area contributed by atoms with Crippen molar-refractivity contribution in [2.24, 2.45) is 0 Å². The Bertz CT molecular complexity index is 1280. The van der Waals surface area contributed by atoms with Gasteiger partial charge in [0, 0.05) is 11.5 Å². The van der Waals surface area contributed by atoms with Crippen LogP contribution >= 0.6 is 0 Å². The van der Waals surface area contributed by atoms with Crippen molar-refractivity contribution in [1.82, 2.24) is 20.2 Å². The van der Waals surface area contributed by atoms with Gasteiger partial charge >= 0.3 is 0 Å². The first kappa shape index (κ1) is 21.4. The maximum absolute atomic E-state index is 14.9. The number of hydrogen-bond acceptors (Lipinski definition) is 5. The number of aliphatic hydroxyl groups is 2. The molecule has 3 heterocycles. The second-order valence-electron chi connectivity index (χ2n) is 9.10. The molecule has 2 aliphatic heterocycles. The zero-order valence-electron chi connectivity index (χ0n) is 18.1. The fourth-order valence-electron chi connectivity index (χ4n) is 4.35. The van der Waals surface area contributed by atoms with E-state index in [1.807, 2.05) is 10.6 Å². The third-order valence-corrected chi connectivity index (χ3v) is 6.06. The van der Waals surface area contributed by atoms with Crippen molar-refractivity contribution in [1.29, 1.82) is 0 Å². The Morgan fingerprint density at radius 1 is 1.39 bits per heavy atom. The van der Waals surface area contributed by atoms with Gasteiger partial charge in [-0.25, -0.2) is 9.37 Å². The molecule has 0 saturated heterocycles. The van der Waals surface area contributed by atoms with E-state index in [1.54, 1.807) is 6.07 Å². The van der Waals surface area contributed by atoms with Crippen LogP contribution in [0.4, 0.5) is 4.39 Å². The average Bonchev–Trinajstić information content (AvgIpc) is 3.36. The molecule has 0 radical (unpaired) electrons. The lowest BCUT2D eigenvalue weighted by atomic mass is 9.86. The minimum Gasteiger partial charge on any atom is -0.392 e. The highest BCUT2D eigenvalue weighted by Gasteiger charge is 2.46. The van der Waals surface area contributed by atoms with E-state index >= 15 is 0 Å². The summed E-state index contributed by atoms with van der Waals surface area (Å²) in [5, 5.41) is 25.1. The molecular formula is C24H23FN4O4. The van der Waals surface area contributed by atoms with E-state index in [0.29, 0.717) is 41.9 Å². The van der Waals surface area contributed by atoms with Gasteiger partial charge in [0.25, 0.3) is 5.91 Å². The second-order valence-corrected chi connectivity index (χ2v) is 9.10. The number of rotatable bonds is 5. The molecule has 2 aromatic rings. The van der Waals surface area contributed by atoms with E-state index in [9.17, 15) is 24.2 Å². The minimum absolute atomic E-state index is 0.0524. The fraction of sp³-hybridized carbons (Fsp3) is 0.375. The topological polar surface area (TPSA) is 116 Å². The number of aromatic nitrogens is 2. The molecular weight excluding hydrogens is 427 g/mol. The van der Waals surface area contributed by atoms with Gasteiger partial charge in [0.15, 0.2) is 5.69 Å². The van der Waals surface area contributed by atoms with E-state index in [2.05, 4.69) is 27.5 Å². The molecule has 4 aliphatic rings. The van der Waals surface area contributed by atoms with Crippen molar-refractivity contribution in [2.75, 3.05) is 6.67 Å². The van der Waals surface area contributed by atoms with Crippen molar-refractivity contribution in [3.63, 3.8) is 0 Å². The molecule has 4 N–H and O–H groups in total. The van der Waals surface area contributed by atoms with Gasteiger partial charge in [-0.05, 0) is 50.0 Å². The number of halogens is 1. The van der Waals surface area contributed by atoms with Crippen LogP contribution in [-0.4, -0.2) is 50.5 Å². The molecule has 3 unspecified atom stereocenters. The Balaban J connectivity index is 1.67. The van der Waals surface area contributed by atoms with Crippen molar-refractivity contribution < 1.29 is 24.2 Å². The summed E-state index contributed by atoms with van der Waals surface area (Å²) in [6.07, 6.45) is 3.13. The number of allylic oxidation sites excluding steroid dienone is 2. The number of nitrogens with one attached hydrogen (secondary N) is 2. The number of hydrogen-bond donors (Lipinski definition) is 4. The van der Waals surface area contributed by atoms with E-state index in [4.69, 9.17) is 0 Å². The predicted octanol–water partition coefficient (Wildman–Crippen LogP) is 1.43. The summed E-state index contributed by atoms with van der Waals surface area (Å²) in [6, 6.07) is 2.98. The van der Waals surface area contributed by atoms with E-state index in [1.165, 1.54) is 19.9 Å². The van der Waals surface area contributed by atoms with Gasteiger partial charge in [-0.15, -0.1) is 0 Å². The summed E-state index contributed by atoms with van der Waals surface area (Å²) in [6.45, 7) is 2.99. The molecule has 1 fully saturated rings.